The Morgan fingerprint density at radius 1 is 1.53 bits per heavy atom. The Labute approximate surface area is 84.5 Å². The van der Waals surface area contributed by atoms with E-state index in [4.69, 9.17) is 10.2 Å². The van der Waals surface area contributed by atoms with Gasteiger partial charge in [0.1, 0.15) is 12.6 Å². The van der Waals surface area contributed by atoms with Crippen molar-refractivity contribution in [3.8, 4) is 0 Å². The molecule has 1 aromatic rings. The molecule has 0 bridgehead atoms. The summed E-state index contributed by atoms with van der Waals surface area (Å²) in [4.78, 5) is 21.7. The molecule has 1 aromatic heterocycles. The number of nitrogens with zero attached hydrogens (tertiary/aromatic N) is 3. The SMILES string of the molecule is O=C(Cn1ccnn1)N[C@@H](CO)C(=O)O. The lowest BCUT2D eigenvalue weighted by molar-refractivity contribution is -0.143. The first kappa shape index (κ1) is 11.1. The van der Waals surface area contributed by atoms with Gasteiger partial charge in [-0.25, -0.2) is 9.48 Å². The Morgan fingerprint density at radius 3 is 2.73 bits per heavy atom. The van der Waals surface area contributed by atoms with E-state index in [9.17, 15) is 9.59 Å². The fourth-order valence-corrected chi connectivity index (χ4v) is 0.890. The molecule has 0 aliphatic carbocycles. The maximum atomic E-state index is 11.2. The average molecular weight is 214 g/mol. The van der Waals surface area contributed by atoms with Gasteiger partial charge in [-0.05, 0) is 0 Å². The first-order valence-electron chi connectivity index (χ1n) is 4.10. The zero-order chi connectivity index (χ0) is 11.3. The molecule has 0 radical (unpaired) electrons. The van der Waals surface area contributed by atoms with Crippen molar-refractivity contribution >= 4 is 11.9 Å². The summed E-state index contributed by atoms with van der Waals surface area (Å²) in [5.74, 6) is -1.84. The average Bonchev–Trinajstić information content (AvgIpc) is 2.66. The van der Waals surface area contributed by atoms with Crippen molar-refractivity contribution in [2.45, 2.75) is 12.6 Å². The largest absolute Gasteiger partial charge is 0.480 e. The monoisotopic (exact) mass is 214 g/mol. The Bertz CT molecular complexity index is 337. The lowest BCUT2D eigenvalue weighted by Gasteiger charge is -2.10. The van der Waals surface area contributed by atoms with Gasteiger partial charge in [0.25, 0.3) is 0 Å². The third kappa shape index (κ3) is 3.35. The number of nitrogens with one attached hydrogen (secondary N) is 1. The van der Waals surface area contributed by atoms with Crippen molar-refractivity contribution in [1.29, 1.82) is 0 Å². The molecule has 1 atom stereocenters. The molecule has 0 spiro atoms. The van der Waals surface area contributed by atoms with Crippen LogP contribution in [0.1, 0.15) is 0 Å². The molecule has 1 rings (SSSR count). The Kier molecular flexibility index (Phi) is 3.75. The van der Waals surface area contributed by atoms with Crippen molar-refractivity contribution < 1.29 is 19.8 Å². The summed E-state index contributed by atoms with van der Waals surface area (Å²) < 4.78 is 1.24. The van der Waals surface area contributed by atoms with Crippen molar-refractivity contribution in [3.05, 3.63) is 12.4 Å². The summed E-state index contributed by atoms with van der Waals surface area (Å²) in [5, 5.41) is 26.3. The van der Waals surface area contributed by atoms with Crippen LogP contribution in [0.25, 0.3) is 0 Å². The summed E-state index contributed by atoms with van der Waals surface area (Å²) in [7, 11) is 0. The minimum atomic E-state index is -1.29. The van der Waals surface area contributed by atoms with Crippen LogP contribution in [-0.2, 0) is 16.1 Å². The van der Waals surface area contributed by atoms with Gasteiger partial charge in [-0.2, -0.15) is 0 Å². The summed E-state index contributed by atoms with van der Waals surface area (Å²) in [6.07, 6.45) is 2.86. The van der Waals surface area contributed by atoms with Crippen molar-refractivity contribution in [2.24, 2.45) is 0 Å². The highest BCUT2D eigenvalue weighted by Gasteiger charge is 2.18. The smallest absolute Gasteiger partial charge is 0.328 e. The summed E-state index contributed by atoms with van der Waals surface area (Å²) in [6.45, 7) is -0.789. The number of aliphatic carboxylic acids is 1. The number of carboxylic acids is 1. The molecule has 15 heavy (non-hydrogen) atoms. The molecular weight excluding hydrogens is 204 g/mol. The molecule has 0 unspecified atom stereocenters. The van der Waals surface area contributed by atoms with Crippen LogP contribution in [0, 0.1) is 0 Å². The molecule has 0 fully saturated rings. The summed E-state index contributed by atoms with van der Waals surface area (Å²) in [6, 6.07) is -1.29. The van der Waals surface area contributed by atoms with E-state index in [0.29, 0.717) is 0 Å². The van der Waals surface area contributed by atoms with Crippen molar-refractivity contribution in [2.75, 3.05) is 6.61 Å². The number of aliphatic hydroxyl groups excluding tert-OH is 1. The summed E-state index contributed by atoms with van der Waals surface area (Å²) in [5.41, 5.74) is 0. The highest BCUT2D eigenvalue weighted by Crippen LogP contribution is 1.86. The number of carbonyl (C=O) groups is 2. The van der Waals surface area contributed by atoms with Gasteiger partial charge in [-0.1, -0.05) is 5.21 Å². The van der Waals surface area contributed by atoms with Gasteiger partial charge >= 0.3 is 5.97 Å². The number of hydrogen-bond acceptors (Lipinski definition) is 5. The minimum absolute atomic E-state index is 0.135. The minimum Gasteiger partial charge on any atom is -0.480 e. The fourth-order valence-electron chi connectivity index (χ4n) is 0.890. The number of aliphatic hydroxyl groups is 1. The second-order valence-electron chi connectivity index (χ2n) is 2.74. The molecule has 3 N–H and O–H groups in total. The number of carbonyl (C=O) groups excluding carboxylic acids is 1. The number of amides is 1. The number of aromatic nitrogens is 3. The van der Waals surface area contributed by atoms with E-state index in [1.54, 1.807) is 0 Å². The Morgan fingerprint density at radius 2 is 2.27 bits per heavy atom. The quantitative estimate of drug-likeness (QED) is 0.514. The first-order valence-corrected chi connectivity index (χ1v) is 4.10. The number of carboxylic acid groups (broad SMARTS) is 1. The van der Waals surface area contributed by atoms with Gasteiger partial charge in [-0.3, -0.25) is 4.79 Å². The lowest BCUT2D eigenvalue weighted by Crippen LogP contribution is -2.44. The zero-order valence-corrected chi connectivity index (χ0v) is 7.70. The van der Waals surface area contributed by atoms with Gasteiger partial charge < -0.3 is 15.5 Å². The molecule has 8 nitrogen and oxygen atoms in total. The van der Waals surface area contributed by atoms with Gasteiger partial charge in [0.2, 0.25) is 5.91 Å². The lowest BCUT2D eigenvalue weighted by atomic mass is 10.3. The molecular formula is C7H10N4O4. The molecule has 0 saturated carbocycles. The maximum absolute atomic E-state index is 11.2. The predicted octanol–water partition coefficient (Wildman–Crippen LogP) is -2.16. The van der Waals surface area contributed by atoms with Crippen molar-refractivity contribution in [3.63, 3.8) is 0 Å². The Balaban J connectivity index is 2.45. The topological polar surface area (TPSA) is 117 Å². The van der Waals surface area contributed by atoms with Gasteiger partial charge in [0.15, 0.2) is 0 Å². The number of rotatable bonds is 5. The highest BCUT2D eigenvalue weighted by atomic mass is 16.4. The van der Waals surface area contributed by atoms with E-state index >= 15 is 0 Å². The normalized spacial score (nSPS) is 12.1. The van der Waals surface area contributed by atoms with Crippen molar-refractivity contribution in [1.82, 2.24) is 20.3 Å². The van der Waals surface area contributed by atoms with Crippen LogP contribution in [0.2, 0.25) is 0 Å². The molecule has 0 aliphatic heterocycles. The van der Waals surface area contributed by atoms with Crippen LogP contribution in [0.15, 0.2) is 12.4 Å². The first-order chi connectivity index (χ1) is 7.13. The summed E-state index contributed by atoms with van der Waals surface area (Å²) >= 11 is 0. The van der Waals surface area contributed by atoms with E-state index in [0.717, 1.165) is 0 Å². The van der Waals surface area contributed by atoms with Gasteiger partial charge in [0, 0.05) is 6.20 Å². The van der Waals surface area contributed by atoms with E-state index in [-0.39, 0.29) is 6.54 Å². The van der Waals surface area contributed by atoms with E-state index in [1.165, 1.54) is 17.1 Å². The van der Waals surface area contributed by atoms with Crippen LogP contribution >= 0.6 is 0 Å². The highest BCUT2D eigenvalue weighted by molar-refractivity contribution is 5.83. The van der Waals surface area contributed by atoms with Crippen LogP contribution in [0.5, 0.6) is 0 Å². The van der Waals surface area contributed by atoms with Crippen LogP contribution in [-0.4, -0.2) is 49.7 Å². The molecule has 0 aliphatic rings. The maximum Gasteiger partial charge on any atom is 0.328 e. The molecule has 8 heteroatoms. The van der Waals surface area contributed by atoms with Crippen LogP contribution in [0.4, 0.5) is 0 Å². The fraction of sp³-hybridized carbons (Fsp3) is 0.429. The molecule has 82 valence electrons. The standard InChI is InChI=1S/C7H10N4O4/c12-4-5(7(14)15)9-6(13)3-11-2-1-8-10-11/h1-2,5,12H,3-4H2,(H,9,13)(H,14,15)/t5-/m0/s1. The van der Waals surface area contributed by atoms with Crippen LogP contribution < -0.4 is 5.32 Å². The second-order valence-corrected chi connectivity index (χ2v) is 2.74. The van der Waals surface area contributed by atoms with E-state index in [2.05, 4.69) is 15.6 Å². The van der Waals surface area contributed by atoms with Gasteiger partial charge in [0.05, 0.1) is 12.8 Å². The molecule has 1 amide bonds. The zero-order valence-electron chi connectivity index (χ0n) is 7.70. The van der Waals surface area contributed by atoms with Crippen LogP contribution in [0.3, 0.4) is 0 Å². The van der Waals surface area contributed by atoms with Gasteiger partial charge in [-0.15, -0.1) is 5.10 Å². The van der Waals surface area contributed by atoms with E-state index in [1.807, 2.05) is 0 Å². The molecule has 1 heterocycles. The Hall–Kier alpha value is -1.96. The molecule has 0 saturated heterocycles. The third-order valence-corrected chi connectivity index (χ3v) is 1.59. The molecule has 0 aromatic carbocycles. The predicted molar refractivity (Wildman–Crippen MR) is 46.7 cm³/mol. The third-order valence-electron chi connectivity index (χ3n) is 1.59. The second kappa shape index (κ2) is 5.05. The van der Waals surface area contributed by atoms with E-state index < -0.39 is 24.5 Å². The number of hydrogen-bond donors (Lipinski definition) is 3.